The quantitative estimate of drug-likeness (QED) is 0.345. The molecule has 0 atom stereocenters. The molecule has 35 heavy (non-hydrogen) atoms. The van der Waals surface area contributed by atoms with E-state index in [-0.39, 0.29) is 18.3 Å². The van der Waals surface area contributed by atoms with Crippen LogP contribution >= 0.6 is 24.0 Å². The van der Waals surface area contributed by atoms with E-state index in [1.165, 1.54) is 4.90 Å². The van der Waals surface area contributed by atoms with Crippen LogP contribution in [0.25, 0.3) is 17.3 Å². The number of aryl methyl sites for hydroxylation is 2. The second kappa shape index (κ2) is 10.8. The van der Waals surface area contributed by atoms with Crippen molar-refractivity contribution in [3.63, 3.8) is 0 Å². The highest BCUT2D eigenvalue weighted by atomic mass is 32.2. The van der Waals surface area contributed by atoms with Gasteiger partial charge in [0.25, 0.3) is 5.91 Å². The summed E-state index contributed by atoms with van der Waals surface area (Å²) in [5.74, 6) is 0.153. The predicted octanol–water partition coefficient (Wildman–Crippen LogP) is 4.71. The number of hydrogen-bond acceptors (Lipinski definition) is 8. The monoisotopic (exact) mass is 508 g/mol. The predicted molar refractivity (Wildman–Crippen MR) is 140 cm³/mol. The fraction of sp³-hybridized carbons (Fsp3) is 0.240. The number of amides is 2. The molecule has 2 aromatic carbocycles. The standard InChI is InChI=1S/C25H24N4O4S2/c1-4-15-6-9-17(5-2)19(12-15)22-23(28-33-27-22)26-21(30)14-29-24(31)20(35-25(29)34)13-16-7-10-18(32-3)11-8-16/h6-13H,4-5,14H2,1-3H3,(H,26,28,30)/b20-13-. The van der Waals surface area contributed by atoms with Crippen molar-refractivity contribution in [1.82, 2.24) is 15.2 Å². The first-order valence-electron chi connectivity index (χ1n) is 11.1. The average molecular weight is 509 g/mol. The van der Waals surface area contributed by atoms with Gasteiger partial charge in [-0.2, -0.15) is 0 Å². The molecule has 0 radical (unpaired) electrons. The highest BCUT2D eigenvalue weighted by Crippen LogP contribution is 2.33. The summed E-state index contributed by atoms with van der Waals surface area (Å²) in [6.45, 7) is 3.87. The molecule has 4 rings (SSSR count). The molecule has 1 aliphatic heterocycles. The summed E-state index contributed by atoms with van der Waals surface area (Å²) in [5, 5.41) is 10.6. The van der Waals surface area contributed by atoms with Crippen LogP contribution in [0.3, 0.4) is 0 Å². The first-order valence-corrected chi connectivity index (χ1v) is 12.3. The van der Waals surface area contributed by atoms with Crippen LogP contribution in [-0.2, 0) is 22.4 Å². The van der Waals surface area contributed by atoms with Crippen LogP contribution in [0.2, 0.25) is 0 Å². The van der Waals surface area contributed by atoms with E-state index in [1.807, 2.05) is 43.3 Å². The second-order valence-electron chi connectivity index (χ2n) is 7.75. The van der Waals surface area contributed by atoms with Gasteiger partial charge in [0.2, 0.25) is 11.7 Å². The zero-order valence-corrected chi connectivity index (χ0v) is 21.2. The first kappa shape index (κ1) is 24.6. The maximum atomic E-state index is 12.9. The number of hydrogen-bond donors (Lipinski definition) is 1. The van der Waals surface area contributed by atoms with Crippen molar-refractivity contribution in [2.24, 2.45) is 0 Å². The Morgan fingerprint density at radius 1 is 1.17 bits per heavy atom. The highest BCUT2D eigenvalue weighted by Gasteiger charge is 2.33. The largest absolute Gasteiger partial charge is 0.497 e. The maximum absolute atomic E-state index is 12.9. The van der Waals surface area contributed by atoms with E-state index in [0.717, 1.165) is 52.6 Å². The molecule has 8 nitrogen and oxygen atoms in total. The number of ether oxygens (including phenoxy) is 1. The lowest BCUT2D eigenvalue weighted by atomic mass is 9.98. The van der Waals surface area contributed by atoms with E-state index in [4.69, 9.17) is 21.6 Å². The van der Waals surface area contributed by atoms with Gasteiger partial charge in [-0.25, -0.2) is 4.63 Å². The number of aromatic nitrogens is 2. The van der Waals surface area contributed by atoms with Crippen LogP contribution in [0, 0.1) is 0 Å². The van der Waals surface area contributed by atoms with Crippen molar-refractivity contribution in [3.8, 4) is 17.0 Å². The first-order chi connectivity index (χ1) is 16.9. The molecule has 1 aromatic heterocycles. The fourth-order valence-electron chi connectivity index (χ4n) is 3.62. The Kier molecular flexibility index (Phi) is 7.62. The lowest BCUT2D eigenvalue weighted by molar-refractivity contribution is -0.126. The zero-order valence-electron chi connectivity index (χ0n) is 19.5. The third kappa shape index (κ3) is 5.44. The number of benzene rings is 2. The Balaban J connectivity index is 1.48. The average Bonchev–Trinajstić information content (AvgIpc) is 3.43. The molecule has 1 aliphatic rings. The van der Waals surface area contributed by atoms with Crippen molar-refractivity contribution in [1.29, 1.82) is 0 Å². The molecule has 0 aliphatic carbocycles. The summed E-state index contributed by atoms with van der Waals surface area (Å²) in [6.07, 6.45) is 3.39. The van der Waals surface area contributed by atoms with Gasteiger partial charge in [-0.1, -0.05) is 62.1 Å². The molecule has 2 amide bonds. The molecular formula is C25H24N4O4S2. The Bertz CT molecular complexity index is 1300. The van der Waals surface area contributed by atoms with Crippen LogP contribution in [0.15, 0.2) is 52.0 Å². The molecule has 10 heteroatoms. The minimum Gasteiger partial charge on any atom is -0.497 e. The van der Waals surface area contributed by atoms with E-state index < -0.39 is 5.91 Å². The third-order valence-electron chi connectivity index (χ3n) is 5.55. The number of thioether (sulfide) groups is 1. The summed E-state index contributed by atoms with van der Waals surface area (Å²) < 4.78 is 10.4. The number of thiocarbonyl (C=S) groups is 1. The molecule has 1 saturated heterocycles. The number of nitrogens with zero attached hydrogens (tertiary/aromatic N) is 3. The molecule has 0 bridgehead atoms. The lowest BCUT2D eigenvalue weighted by Gasteiger charge is -2.14. The summed E-state index contributed by atoms with van der Waals surface area (Å²) in [4.78, 5) is 27.5. The van der Waals surface area contributed by atoms with E-state index >= 15 is 0 Å². The number of carbonyl (C=O) groups is 2. The topological polar surface area (TPSA) is 97.6 Å². The van der Waals surface area contributed by atoms with Gasteiger partial charge in [0.15, 0.2) is 5.69 Å². The van der Waals surface area contributed by atoms with Gasteiger partial charge in [-0.3, -0.25) is 14.5 Å². The molecule has 2 heterocycles. The Morgan fingerprint density at radius 2 is 1.94 bits per heavy atom. The minimum atomic E-state index is -0.450. The van der Waals surface area contributed by atoms with Gasteiger partial charge in [-0.15, -0.1) is 0 Å². The normalized spacial score (nSPS) is 14.6. The summed E-state index contributed by atoms with van der Waals surface area (Å²) in [7, 11) is 1.59. The van der Waals surface area contributed by atoms with Crippen LogP contribution in [0.1, 0.15) is 30.5 Å². The summed E-state index contributed by atoms with van der Waals surface area (Å²) in [6, 6.07) is 13.4. The molecule has 180 valence electrons. The lowest BCUT2D eigenvalue weighted by Crippen LogP contribution is -2.36. The maximum Gasteiger partial charge on any atom is 0.266 e. The molecular weight excluding hydrogens is 484 g/mol. The van der Waals surface area contributed by atoms with Gasteiger partial charge in [0.05, 0.1) is 12.0 Å². The molecule has 0 spiro atoms. The summed E-state index contributed by atoms with van der Waals surface area (Å²) >= 11 is 6.52. The zero-order chi connectivity index (χ0) is 24.9. The van der Waals surface area contributed by atoms with Gasteiger partial charge >= 0.3 is 0 Å². The van der Waals surface area contributed by atoms with Crippen molar-refractivity contribution in [2.45, 2.75) is 26.7 Å². The smallest absolute Gasteiger partial charge is 0.266 e. The van der Waals surface area contributed by atoms with Crippen LogP contribution in [-0.4, -0.2) is 45.0 Å². The Morgan fingerprint density at radius 3 is 2.63 bits per heavy atom. The molecule has 3 aromatic rings. The van der Waals surface area contributed by atoms with E-state index in [2.05, 4.69) is 28.6 Å². The van der Waals surface area contributed by atoms with Crippen LogP contribution < -0.4 is 10.1 Å². The van der Waals surface area contributed by atoms with E-state index in [0.29, 0.717) is 14.9 Å². The highest BCUT2D eigenvalue weighted by molar-refractivity contribution is 8.26. The number of methoxy groups -OCH3 is 1. The summed E-state index contributed by atoms with van der Waals surface area (Å²) in [5.41, 5.74) is 4.34. The van der Waals surface area contributed by atoms with E-state index in [9.17, 15) is 9.59 Å². The number of anilines is 1. The van der Waals surface area contributed by atoms with Crippen molar-refractivity contribution in [3.05, 3.63) is 64.1 Å². The Hall–Kier alpha value is -3.50. The fourth-order valence-corrected chi connectivity index (χ4v) is 4.88. The number of rotatable bonds is 8. The van der Waals surface area contributed by atoms with Gasteiger partial charge < -0.3 is 10.1 Å². The third-order valence-corrected chi connectivity index (χ3v) is 6.93. The van der Waals surface area contributed by atoms with Crippen molar-refractivity contribution in [2.75, 3.05) is 19.0 Å². The molecule has 1 fully saturated rings. The van der Waals surface area contributed by atoms with Gasteiger partial charge in [-0.05, 0) is 64.1 Å². The number of carbonyl (C=O) groups excluding carboxylic acids is 2. The van der Waals surface area contributed by atoms with Crippen molar-refractivity contribution >= 4 is 52.0 Å². The van der Waals surface area contributed by atoms with Crippen molar-refractivity contribution < 1.29 is 19.0 Å². The number of nitrogens with one attached hydrogen (secondary N) is 1. The Labute approximate surface area is 212 Å². The SMILES string of the molecule is CCc1ccc(CC)c(-c2nonc2NC(=O)CN2C(=O)/C(=C/c3ccc(OC)cc3)SC2=S)c1. The molecule has 1 N–H and O–H groups in total. The van der Waals surface area contributed by atoms with Crippen LogP contribution in [0.5, 0.6) is 5.75 Å². The second-order valence-corrected chi connectivity index (χ2v) is 9.43. The van der Waals surface area contributed by atoms with Gasteiger partial charge in [0.1, 0.15) is 16.6 Å². The van der Waals surface area contributed by atoms with Gasteiger partial charge in [0, 0.05) is 5.56 Å². The minimum absolute atomic E-state index is 0.206. The molecule has 0 unspecified atom stereocenters. The van der Waals surface area contributed by atoms with E-state index in [1.54, 1.807) is 13.2 Å². The van der Waals surface area contributed by atoms with Crippen LogP contribution in [0.4, 0.5) is 5.82 Å². The molecule has 0 saturated carbocycles.